The molecule has 0 saturated carbocycles. The van der Waals surface area contributed by atoms with E-state index in [1.807, 2.05) is 39.8 Å². The van der Waals surface area contributed by atoms with Gasteiger partial charge in [0.15, 0.2) is 0 Å². The molecule has 1 aromatic rings. The summed E-state index contributed by atoms with van der Waals surface area (Å²) in [6.45, 7) is 13.2. The van der Waals surface area contributed by atoms with Gasteiger partial charge in [-0.05, 0) is 38.0 Å². The number of carbonyl (C=O) groups is 3. The van der Waals surface area contributed by atoms with E-state index in [-0.39, 0.29) is 51.1 Å². The molecule has 0 radical (unpaired) electrons. The van der Waals surface area contributed by atoms with Crippen LogP contribution in [0.15, 0.2) is 18.2 Å². The topological polar surface area (TPSA) is 155 Å². The van der Waals surface area contributed by atoms with Crippen molar-refractivity contribution in [3.63, 3.8) is 0 Å². The van der Waals surface area contributed by atoms with Gasteiger partial charge in [0.2, 0.25) is 18.1 Å². The van der Waals surface area contributed by atoms with E-state index in [0.717, 1.165) is 5.56 Å². The van der Waals surface area contributed by atoms with Crippen molar-refractivity contribution in [1.29, 1.82) is 0 Å². The minimum absolute atomic E-state index is 0.0839. The van der Waals surface area contributed by atoms with Crippen LogP contribution in [-0.4, -0.2) is 72.2 Å². The lowest BCUT2D eigenvalue weighted by Gasteiger charge is -2.33. The van der Waals surface area contributed by atoms with Crippen LogP contribution in [0.1, 0.15) is 73.3 Å². The average Bonchev–Trinajstić information content (AvgIpc) is 2.87. The summed E-state index contributed by atoms with van der Waals surface area (Å²) in [6, 6.07) is 5.48. The molecular formula is C28H47N3O8. The first-order valence-electron chi connectivity index (χ1n) is 13.6. The Hall–Kier alpha value is -2.89. The van der Waals surface area contributed by atoms with Crippen molar-refractivity contribution in [2.75, 3.05) is 25.0 Å². The van der Waals surface area contributed by atoms with Crippen LogP contribution < -0.4 is 20.7 Å². The Morgan fingerprint density at radius 2 is 1.79 bits per heavy atom. The molecule has 1 aliphatic heterocycles. The molecule has 3 atom stereocenters. The van der Waals surface area contributed by atoms with Crippen molar-refractivity contribution in [3.8, 4) is 5.75 Å². The zero-order chi connectivity index (χ0) is 29.6. The number of esters is 1. The second-order valence-corrected chi connectivity index (χ2v) is 10.1. The van der Waals surface area contributed by atoms with Gasteiger partial charge in [0.1, 0.15) is 18.5 Å². The van der Waals surface area contributed by atoms with Gasteiger partial charge in [-0.2, -0.15) is 0 Å². The molecule has 2 rings (SSSR count). The third-order valence-corrected chi connectivity index (χ3v) is 5.81. The van der Waals surface area contributed by atoms with Gasteiger partial charge in [0.25, 0.3) is 0 Å². The molecule has 0 aromatic heterocycles. The molecule has 222 valence electrons. The second kappa shape index (κ2) is 16.9. The molecule has 1 aromatic carbocycles. The van der Waals surface area contributed by atoms with E-state index in [9.17, 15) is 19.5 Å². The first-order chi connectivity index (χ1) is 18.4. The van der Waals surface area contributed by atoms with E-state index in [2.05, 4.69) is 16.0 Å². The molecule has 1 aliphatic rings. The molecule has 5 N–H and O–H groups in total. The Morgan fingerprint density at radius 1 is 1.13 bits per heavy atom. The molecule has 1 heterocycles. The molecule has 1 saturated heterocycles. The normalized spacial score (nSPS) is 18.9. The van der Waals surface area contributed by atoms with Crippen molar-refractivity contribution in [3.05, 3.63) is 23.8 Å². The summed E-state index contributed by atoms with van der Waals surface area (Å²) in [5, 5.41) is 28.2. The lowest BCUT2D eigenvalue weighted by molar-refractivity contribution is -0.184. The Labute approximate surface area is 232 Å². The summed E-state index contributed by atoms with van der Waals surface area (Å²) >= 11 is 0. The monoisotopic (exact) mass is 553 g/mol. The van der Waals surface area contributed by atoms with Gasteiger partial charge in [-0.1, -0.05) is 33.8 Å². The highest BCUT2D eigenvalue weighted by Gasteiger charge is 2.34. The quantitative estimate of drug-likeness (QED) is 0.183. The lowest BCUT2D eigenvalue weighted by atomic mass is 9.89. The van der Waals surface area contributed by atoms with Crippen LogP contribution in [0.2, 0.25) is 0 Å². The SMILES string of the molecule is CC.CC(=O)OCc1ccc(NC(C)C)c(OC2CC(O)CC(C(=O)NCCNC(=O)C(C)(C)CCO)O2)c1. The molecule has 0 spiro atoms. The first kappa shape index (κ1) is 34.1. The number of anilines is 1. The second-order valence-electron chi connectivity index (χ2n) is 10.1. The number of amides is 2. The van der Waals surface area contributed by atoms with Crippen LogP contribution in [0.3, 0.4) is 0 Å². The maximum absolute atomic E-state index is 12.7. The molecule has 1 fully saturated rings. The minimum Gasteiger partial charge on any atom is -0.463 e. The van der Waals surface area contributed by atoms with Crippen molar-refractivity contribution < 1.29 is 38.8 Å². The Morgan fingerprint density at radius 3 is 2.41 bits per heavy atom. The fourth-order valence-electron chi connectivity index (χ4n) is 3.72. The van der Waals surface area contributed by atoms with Gasteiger partial charge in [0, 0.05) is 50.9 Å². The fraction of sp³-hybridized carbons (Fsp3) is 0.679. The molecule has 2 amide bonds. The summed E-state index contributed by atoms with van der Waals surface area (Å²) in [6.07, 6.45) is -1.99. The van der Waals surface area contributed by atoms with Crippen molar-refractivity contribution in [2.24, 2.45) is 5.41 Å². The van der Waals surface area contributed by atoms with E-state index in [1.54, 1.807) is 19.9 Å². The van der Waals surface area contributed by atoms with Crippen LogP contribution in [0.5, 0.6) is 5.75 Å². The summed E-state index contributed by atoms with van der Waals surface area (Å²) in [7, 11) is 0. The molecule has 39 heavy (non-hydrogen) atoms. The third kappa shape index (κ3) is 12.2. The van der Waals surface area contributed by atoms with E-state index >= 15 is 0 Å². The number of ether oxygens (including phenoxy) is 3. The highest BCUT2D eigenvalue weighted by molar-refractivity contribution is 5.82. The summed E-state index contributed by atoms with van der Waals surface area (Å²) < 4.78 is 17.0. The Kier molecular flexibility index (Phi) is 14.8. The Balaban J connectivity index is 0.00000371. The Bertz CT molecular complexity index is 922. The molecule has 0 bridgehead atoms. The van der Waals surface area contributed by atoms with Crippen LogP contribution in [-0.2, 0) is 30.5 Å². The zero-order valence-corrected chi connectivity index (χ0v) is 24.3. The van der Waals surface area contributed by atoms with Crippen molar-refractivity contribution in [1.82, 2.24) is 10.6 Å². The van der Waals surface area contributed by atoms with Gasteiger partial charge in [-0.15, -0.1) is 0 Å². The number of aliphatic hydroxyl groups excluding tert-OH is 2. The van der Waals surface area contributed by atoms with Crippen LogP contribution in [0, 0.1) is 5.41 Å². The van der Waals surface area contributed by atoms with Gasteiger partial charge < -0.3 is 40.4 Å². The summed E-state index contributed by atoms with van der Waals surface area (Å²) in [5.74, 6) is -0.576. The first-order valence-corrected chi connectivity index (χ1v) is 13.6. The number of benzene rings is 1. The molecule has 11 heteroatoms. The molecule has 3 unspecified atom stereocenters. The maximum Gasteiger partial charge on any atom is 0.302 e. The summed E-state index contributed by atoms with van der Waals surface area (Å²) in [4.78, 5) is 36.1. The van der Waals surface area contributed by atoms with Gasteiger partial charge >= 0.3 is 5.97 Å². The average molecular weight is 554 g/mol. The third-order valence-electron chi connectivity index (χ3n) is 5.81. The molecule has 0 aliphatic carbocycles. The number of hydrogen-bond acceptors (Lipinski definition) is 9. The lowest BCUT2D eigenvalue weighted by Crippen LogP contribution is -2.48. The minimum atomic E-state index is -0.930. The number of nitrogens with one attached hydrogen (secondary N) is 3. The summed E-state index contributed by atoms with van der Waals surface area (Å²) in [5.41, 5.74) is 0.707. The van der Waals surface area contributed by atoms with Crippen LogP contribution in [0.4, 0.5) is 5.69 Å². The number of rotatable bonds is 13. The smallest absolute Gasteiger partial charge is 0.302 e. The number of aliphatic hydroxyl groups is 2. The van der Waals surface area contributed by atoms with Gasteiger partial charge in [-0.3, -0.25) is 14.4 Å². The van der Waals surface area contributed by atoms with E-state index in [4.69, 9.17) is 19.3 Å². The standard InChI is InChI=1S/C26H41N3O8.C2H6/c1-16(2)29-20-7-6-18(15-35-17(3)31)12-21(20)36-23-14-19(32)13-22(37-23)24(33)27-9-10-28-25(34)26(4,5)8-11-30;1-2/h6-7,12,16,19,22-23,29-30,32H,8-11,13-15H2,1-5H3,(H,27,33)(H,28,34);1-2H3. The molecule has 11 nitrogen and oxygen atoms in total. The number of carbonyl (C=O) groups excluding carboxylic acids is 3. The van der Waals surface area contributed by atoms with E-state index in [1.165, 1.54) is 6.92 Å². The predicted octanol–water partition coefficient (Wildman–Crippen LogP) is 2.48. The zero-order valence-electron chi connectivity index (χ0n) is 24.3. The largest absolute Gasteiger partial charge is 0.463 e. The van der Waals surface area contributed by atoms with E-state index in [0.29, 0.717) is 17.9 Å². The maximum atomic E-state index is 12.7. The van der Waals surface area contributed by atoms with Gasteiger partial charge in [-0.25, -0.2) is 0 Å². The van der Waals surface area contributed by atoms with Gasteiger partial charge in [0.05, 0.1) is 11.8 Å². The molecular weight excluding hydrogens is 506 g/mol. The van der Waals surface area contributed by atoms with Crippen LogP contribution in [0.25, 0.3) is 0 Å². The predicted molar refractivity (Wildman–Crippen MR) is 148 cm³/mol. The highest BCUT2D eigenvalue weighted by atomic mass is 16.7. The highest BCUT2D eigenvalue weighted by Crippen LogP contribution is 2.31. The number of hydrogen-bond donors (Lipinski definition) is 5. The van der Waals surface area contributed by atoms with Crippen molar-refractivity contribution in [2.45, 2.75) is 98.9 Å². The van der Waals surface area contributed by atoms with Crippen molar-refractivity contribution >= 4 is 23.5 Å². The van der Waals surface area contributed by atoms with Crippen LogP contribution >= 0.6 is 0 Å². The fourth-order valence-corrected chi connectivity index (χ4v) is 3.72. The van der Waals surface area contributed by atoms with E-state index < -0.39 is 35.8 Å².